The summed E-state index contributed by atoms with van der Waals surface area (Å²) in [6.45, 7) is 0.357. The first-order chi connectivity index (χ1) is 17.2. The third kappa shape index (κ3) is 6.76. The quantitative estimate of drug-likeness (QED) is 0.157. The van der Waals surface area contributed by atoms with Gasteiger partial charge in [0.25, 0.3) is 5.91 Å². The lowest BCUT2D eigenvalue weighted by Gasteiger charge is -2.11. The topological polar surface area (TPSA) is 102 Å². The van der Waals surface area contributed by atoms with Crippen molar-refractivity contribution in [2.45, 2.75) is 13.0 Å². The van der Waals surface area contributed by atoms with Crippen LogP contribution in [0, 0.1) is 11.5 Å². The number of hydrogen-bond donors (Lipinski definition) is 3. The zero-order valence-electron chi connectivity index (χ0n) is 19.0. The van der Waals surface area contributed by atoms with E-state index in [1.54, 1.807) is 24.5 Å². The Morgan fingerprint density at radius 3 is 2.23 bits per heavy atom. The number of rotatable bonds is 7. The summed E-state index contributed by atoms with van der Waals surface area (Å²) in [4.78, 5) is 21.4. The van der Waals surface area contributed by atoms with Crippen LogP contribution in [-0.2, 0) is 13.0 Å². The molecule has 1 aromatic heterocycles. The molecular weight excluding hydrogens is 436 g/mol. The largest absolute Gasteiger partial charge is 0.325 e. The number of anilines is 2. The van der Waals surface area contributed by atoms with E-state index in [4.69, 9.17) is 5.26 Å². The Morgan fingerprint density at radius 1 is 0.800 bits per heavy atom. The van der Waals surface area contributed by atoms with Gasteiger partial charge in [0.2, 0.25) is 5.96 Å². The van der Waals surface area contributed by atoms with E-state index in [1.807, 2.05) is 72.9 Å². The number of carbonyl (C=O) groups is 1. The third-order valence-corrected chi connectivity index (χ3v) is 5.25. The van der Waals surface area contributed by atoms with Crippen molar-refractivity contribution in [3.8, 4) is 6.19 Å². The van der Waals surface area contributed by atoms with Crippen LogP contribution in [-0.4, -0.2) is 16.9 Å². The molecule has 172 valence electrons. The number of aliphatic imine (C=N–C) groups is 1. The summed E-state index contributed by atoms with van der Waals surface area (Å²) in [5.41, 5.74) is 5.18. The minimum Gasteiger partial charge on any atom is -0.325 e. The first kappa shape index (κ1) is 23.2. The minimum atomic E-state index is -0.149. The highest BCUT2D eigenvalue weighted by Crippen LogP contribution is 2.17. The van der Waals surface area contributed by atoms with Crippen molar-refractivity contribution in [3.05, 3.63) is 126 Å². The SMILES string of the molecule is N#CNC(=NCc1ccc(NC(=O)c2ccccc2Cc2ccccc2)cc1)Nc1ccncc1. The van der Waals surface area contributed by atoms with Gasteiger partial charge in [0, 0.05) is 29.3 Å². The molecule has 0 fully saturated rings. The molecule has 0 aliphatic rings. The second-order valence-electron chi connectivity index (χ2n) is 7.73. The summed E-state index contributed by atoms with van der Waals surface area (Å²) in [6, 6.07) is 28.8. The smallest absolute Gasteiger partial charge is 0.255 e. The molecule has 0 spiro atoms. The van der Waals surface area contributed by atoms with Gasteiger partial charge in [-0.3, -0.25) is 15.1 Å². The van der Waals surface area contributed by atoms with Gasteiger partial charge in [-0.25, -0.2) is 4.99 Å². The fraction of sp³-hybridized carbons (Fsp3) is 0.0714. The van der Waals surface area contributed by atoms with Crippen LogP contribution in [0.15, 0.2) is 108 Å². The van der Waals surface area contributed by atoms with Crippen molar-refractivity contribution >= 4 is 23.2 Å². The molecule has 3 aromatic carbocycles. The molecule has 0 aliphatic carbocycles. The van der Waals surface area contributed by atoms with E-state index in [0.29, 0.717) is 30.2 Å². The number of amides is 1. The molecule has 0 saturated heterocycles. The van der Waals surface area contributed by atoms with Crippen LogP contribution in [0.4, 0.5) is 11.4 Å². The van der Waals surface area contributed by atoms with Crippen LogP contribution in [0.2, 0.25) is 0 Å². The molecule has 0 radical (unpaired) electrons. The minimum absolute atomic E-state index is 0.149. The van der Waals surface area contributed by atoms with E-state index in [2.05, 4.69) is 38.1 Å². The van der Waals surface area contributed by atoms with Crippen LogP contribution >= 0.6 is 0 Å². The van der Waals surface area contributed by atoms with Crippen molar-refractivity contribution in [2.24, 2.45) is 4.99 Å². The van der Waals surface area contributed by atoms with Crippen LogP contribution in [0.1, 0.15) is 27.0 Å². The van der Waals surface area contributed by atoms with Gasteiger partial charge >= 0.3 is 0 Å². The summed E-state index contributed by atoms with van der Waals surface area (Å²) in [6.07, 6.45) is 5.88. The molecule has 0 aliphatic heterocycles. The molecule has 4 rings (SSSR count). The zero-order chi connectivity index (χ0) is 24.3. The van der Waals surface area contributed by atoms with Gasteiger partial charge in [0.05, 0.1) is 6.54 Å². The highest BCUT2D eigenvalue weighted by atomic mass is 16.1. The Hall–Kier alpha value is -4.96. The van der Waals surface area contributed by atoms with E-state index >= 15 is 0 Å². The number of benzene rings is 3. The Bertz CT molecular complexity index is 1330. The number of nitriles is 1. The molecule has 1 amide bonds. The lowest BCUT2D eigenvalue weighted by atomic mass is 9.99. The molecule has 0 saturated carbocycles. The van der Waals surface area contributed by atoms with Crippen molar-refractivity contribution in [2.75, 3.05) is 10.6 Å². The molecule has 0 unspecified atom stereocenters. The number of nitrogens with one attached hydrogen (secondary N) is 3. The van der Waals surface area contributed by atoms with Crippen LogP contribution in [0.3, 0.4) is 0 Å². The molecular formula is C28H24N6O. The molecule has 3 N–H and O–H groups in total. The van der Waals surface area contributed by atoms with Gasteiger partial charge < -0.3 is 10.6 Å². The third-order valence-electron chi connectivity index (χ3n) is 5.25. The van der Waals surface area contributed by atoms with Crippen molar-refractivity contribution in [1.82, 2.24) is 10.3 Å². The number of nitrogens with zero attached hydrogens (tertiary/aromatic N) is 3. The van der Waals surface area contributed by atoms with Crippen LogP contribution in [0.5, 0.6) is 0 Å². The highest BCUT2D eigenvalue weighted by molar-refractivity contribution is 6.05. The second-order valence-corrected chi connectivity index (χ2v) is 7.73. The standard InChI is InChI=1S/C28H24N6O/c29-20-32-28(34-25-14-16-30-17-15-25)31-19-22-10-12-24(13-11-22)33-27(35)26-9-5-4-8-23(26)18-21-6-2-1-3-7-21/h1-17H,18-19H2,(H,33,35)(H2,30,31,32,34). The summed E-state index contributed by atoms with van der Waals surface area (Å²) < 4.78 is 0. The maximum Gasteiger partial charge on any atom is 0.255 e. The van der Waals surface area contributed by atoms with Gasteiger partial charge in [0.1, 0.15) is 0 Å². The van der Waals surface area contributed by atoms with E-state index in [1.165, 1.54) is 0 Å². The van der Waals surface area contributed by atoms with Crippen molar-refractivity contribution in [3.63, 3.8) is 0 Å². The number of guanidine groups is 1. The fourth-order valence-electron chi connectivity index (χ4n) is 3.51. The first-order valence-electron chi connectivity index (χ1n) is 11.1. The second kappa shape index (κ2) is 11.8. The molecule has 0 atom stereocenters. The maximum atomic E-state index is 13.0. The Balaban J connectivity index is 1.40. The maximum absolute atomic E-state index is 13.0. The predicted octanol–water partition coefficient (Wildman–Crippen LogP) is 4.96. The molecule has 7 nitrogen and oxygen atoms in total. The Labute approximate surface area is 204 Å². The molecule has 7 heteroatoms. The normalized spacial score (nSPS) is 10.8. The monoisotopic (exact) mass is 460 g/mol. The summed E-state index contributed by atoms with van der Waals surface area (Å²) in [7, 11) is 0. The Kier molecular flexibility index (Phi) is 7.81. The number of hydrogen-bond acceptors (Lipinski definition) is 4. The molecule has 35 heavy (non-hydrogen) atoms. The van der Waals surface area contributed by atoms with E-state index < -0.39 is 0 Å². The van der Waals surface area contributed by atoms with Gasteiger partial charge in [-0.15, -0.1) is 0 Å². The summed E-state index contributed by atoms with van der Waals surface area (Å²) in [5, 5.41) is 17.6. The Morgan fingerprint density at radius 2 is 1.49 bits per heavy atom. The zero-order valence-corrected chi connectivity index (χ0v) is 19.0. The van der Waals surface area contributed by atoms with Crippen LogP contribution in [0.25, 0.3) is 0 Å². The van der Waals surface area contributed by atoms with E-state index in [0.717, 1.165) is 22.4 Å². The lowest BCUT2D eigenvalue weighted by Crippen LogP contribution is -2.26. The van der Waals surface area contributed by atoms with Gasteiger partial charge in [0.15, 0.2) is 6.19 Å². The lowest BCUT2D eigenvalue weighted by molar-refractivity contribution is 0.102. The average Bonchev–Trinajstić information content (AvgIpc) is 2.90. The average molecular weight is 461 g/mol. The summed E-state index contributed by atoms with van der Waals surface area (Å²) in [5.74, 6) is 0.190. The van der Waals surface area contributed by atoms with Gasteiger partial charge in [-0.1, -0.05) is 60.7 Å². The van der Waals surface area contributed by atoms with Gasteiger partial charge in [-0.2, -0.15) is 5.26 Å². The van der Waals surface area contributed by atoms with Crippen LogP contribution < -0.4 is 16.0 Å². The number of pyridine rings is 1. The van der Waals surface area contributed by atoms with Crippen molar-refractivity contribution in [1.29, 1.82) is 5.26 Å². The van der Waals surface area contributed by atoms with E-state index in [9.17, 15) is 4.79 Å². The van der Waals surface area contributed by atoms with Crippen molar-refractivity contribution < 1.29 is 4.79 Å². The molecule has 1 heterocycles. The fourth-order valence-corrected chi connectivity index (χ4v) is 3.51. The molecule has 4 aromatic rings. The highest BCUT2D eigenvalue weighted by Gasteiger charge is 2.12. The summed E-state index contributed by atoms with van der Waals surface area (Å²) >= 11 is 0. The number of carbonyl (C=O) groups excluding carboxylic acids is 1. The van der Waals surface area contributed by atoms with E-state index in [-0.39, 0.29) is 5.91 Å². The number of aromatic nitrogens is 1. The predicted molar refractivity (Wildman–Crippen MR) is 138 cm³/mol. The first-order valence-corrected chi connectivity index (χ1v) is 11.1. The van der Waals surface area contributed by atoms with Gasteiger partial charge in [-0.05, 0) is 53.4 Å². The molecule has 0 bridgehead atoms.